The summed E-state index contributed by atoms with van der Waals surface area (Å²) in [4.78, 5) is 25.0. The quantitative estimate of drug-likeness (QED) is 0.833. The minimum atomic E-state index is -0.978. The topological polar surface area (TPSA) is 57.6 Å². The number of amides is 1. The molecule has 5 heteroatoms. The van der Waals surface area contributed by atoms with E-state index in [2.05, 4.69) is 0 Å². The second-order valence-corrected chi connectivity index (χ2v) is 4.96. The van der Waals surface area contributed by atoms with Crippen molar-refractivity contribution in [2.24, 2.45) is 0 Å². The Kier molecular flexibility index (Phi) is 5.09. The molecule has 1 amide bonds. The molecule has 4 nitrogen and oxygen atoms in total. The summed E-state index contributed by atoms with van der Waals surface area (Å²) in [5.41, 5.74) is 1.11. The Balaban J connectivity index is 2.73. The summed E-state index contributed by atoms with van der Waals surface area (Å²) in [6, 6.07) is 1.21. The van der Waals surface area contributed by atoms with Gasteiger partial charge in [-0.25, -0.2) is 4.79 Å². The van der Waals surface area contributed by atoms with Gasteiger partial charge < -0.3 is 10.0 Å². The van der Waals surface area contributed by atoms with Gasteiger partial charge in [0.15, 0.2) is 0 Å². The van der Waals surface area contributed by atoms with Gasteiger partial charge in [-0.15, -0.1) is 11.3 Å². The van der Waals surface area contributed by atoms with Crippen LogP contribution in [0.25, 0.3) is 6.08 Å². The van der Waals surface area contributed by atoms with Crippen LogP contribution in [-0.2, 0) is 9.59 Å². The molecule has 0 aliphatic heterocycles. The predicted octanol–water partition coefficient (Wildman–Crippen LogP) is 2.39. The number of hydrogen-bond donors (Lipinski definition) is 1. The molecule has 1 N–H and O–H groups in total. The number of aryl methyl sites for hydroxylation is 1. The van der Waals surface area contributed by atoms with E-state index in [0.717, 1.165) is 10.4 Å². The molecule has 1 aromatic rings. The number of aliphatic carboxylic acids is 1. The lowest BCUT2D eigenvalue weighted by Crippen LogP contribution is -2.41. The molecule has 98 valence electrons. The first-order valence-electron chi connectivity index (χ1n) is 5.69. The van der Waals surface area contributed by atoms with E-state index >= 15 is 0 Å². The highest BCUT2D eigenvalue weighted by atomic mass is 32.1. The first-order chi connectivity index (χ1) is 8.47. The van der Waals surface area contributed by atoms with Crippen molar-refractivity contribution < 1.29 is 14.7 Å². The first kappa shape index (κ1) is 14.4. The number of carbonyl (C=O) groups excluding carboxylic acids is 1. The van der Waals surface area contributed by atoms with Crippen molar-refractivity contribution >= 4 is 29.3 Å². The molecule has 0 radical (unpaired) electrons. The Morgan fingerprint density at radius 2 is 2.22 bits per heavy atom. The Morgan fingerprint density at radius 3 is 2.67 bits per heavy atom. The average molecular weight is 267 g/mol. The largest absolute Gasteiger partial charge is 0.480 e. The number of carboxylic acid groups (broad SMARTS) is 1. The van der Waals surface area contributed by atoms with Crippen LogP contribution in [0.3, 0.4) is 0 Å². The molecule has 0 aromatic carbocycles. The van der Waals surface area contributed by atoms with E-state index < -0.39 is 12.0 Å². The van der Waals surface area contributed by atoms with Crippen molar-refractivity contribution in [3.05, 3.63) is 28.0 Å². The molecular weight excluding hydrogens is 250 g/mol. The van der Waals surface area contributed by atoms with E-state index in [1.54, 1.807) is 24.3 Å². The van der Waals surface area contributed by atoms with Crippen LogP contribution in [0, 0.1) is 6.92 Å². The maximum absolute atomic E-state index is 11.8. The smallest absolute Gasteiger partial charge is 0.326 e. The Labute approximate surface area is 111 Å². The van der Waals surface area contributed by atoms with Crippen molar-refractivity contribution in [3.8, 4) is 0 Å². The van der Waals surface area contributed by atoms with Crippen LogP contribution in [-0.4, -0.2) is 35.0 Å². The van der Waals surface area contributed by atoms with E-state index in [1.165, 1.54) is 18.0 Å². The van der Waals surface area contributed by atoms with Crippen LogP contribution in [0.4, 0.5) is 0 Å². The number of nitrogens with zero attached hydrogens (tertiary/aromatic N) is 1. The van der Waals surface area contributed by atoms with Gasteiger partial charge in [0.25, 0.3) is 0 Å². The molecule has 0 saturated heterocycles. The maximum atomic E-state index is 11.8. The molecule has 1 unspecified atom stereocenters. The lowest BCUT2D eigenvalue weighted by atomic mass is 10.2. The molecule has 1 atom stereocenters. The van der Waals surface area contributed by atoms with Gasteiger partial charge in [0, 0.05) is 18.0 Å². The highest BCUT2D eigenvalue weighted by Gasteiger charge is 2.23. The minimum absolute atomic E-state index is 0.294. The molecule has 0 saturated carbocycles. The van der Waals surface area contributed by atoms with Crippen molar-refractivity contribution in [2.45, 2.75) is 26.3 Å². The van der Waals surface area contributed by atoms with Crippen LogP contribution in [0.15, 0.2) is 17.5 Å². The molecule has 1 aromatic heterocycles. The van der Waals surface area contributed by atoms with Gasteiger partial charge in [0.05, 0.1) is 0 Å². The van der Waals surface area contributed by atoms with Gasteiger partial charge in [0.1, 0.15) is 6.04 Å². The van der Waals surface area contributed by atoms with E-state index in [9.17, 15) is 9.59 Å². The predicted molar refractivity (Wildman–Crippen MR) is 72.6 cm³/mol. The number of rotatable bonds is 5. The third kappa shape index (κ3) is 3.43. The number of hydrogen-bond acceptors (Lipinski definition) is 3. The highest BCUT2D eigenvalue weighted by Crippen LogP contribution is 2.17. The van der Waals surface area contributed by atoms with Crippen LogP contribution in [0.1, 0.15) is 23.8 Å². The van der Waals surface area contributed by atoms with Gasteiger partial charge in [-0.1, -0.05) is 6.92 Å². The summed E-state index contributed by atoms with van der Waals surface area (Å²) in [5.74, 6) is -1.27. The van der Waals surface area contributed by atoms with Crippen molar-refractivity contribution in [2.75, 3.05) is 7.05 Å². The maximum Gasteiger partial charge on any atom is 0.326 e. The van der Waals surface area contributed by atoms with Crippen LogP contribution >= 0.6 is 11.3 Å². The number of carbonyl (C=O) groups is 2. The molecule has 0 spiro atoms. The second kappa shape index (κ2) is 6.35. The average Bonchev–Trinajstić information content (AvgIpc) is 2.72. The zero-order chi connectivity index (χ0) is 13.7. The number of thiophene rings is 1. The fraction of sp³-hybridized carbons (Fsp3) is 0.385. The summed E-state index contributed by atoms with van der Waals surface area (Å²) < 4.78 is 0. The molecule has 0 fully saturated rings. The van der Waals surface area contributed by atoms with Crippen molar-refractivity contribution in [3.63, 3.8) is 0 Å². The minimum Gasteiger partial charge on any atom is -0.480 e. The fourth-order valence-electron chi connectivity index (χ4n) is 1.59. The van der Waals surface area contributed by atoms with E-state index in [0.29, 0.717) is 6.42 Å². The lowest BCUT2D eigenvalue weighted by Gasteiger charge is -2.22. The highest BCUT2D eigenvalue weighted by molar-refractivity contribution is 7.11. The van der Waals surface area contributed by atoms with E-state index in [-0.39, 0.29) is 5.91 Å². The number of carboxylic acids is 1. The van der Waals surface area contributed by atoms with Crippen LogP contribution in [0.5, 0.6) is 0 Å². The summed E-state index contributed by atoms with van der Waals surface area (Å²) in [7, 11) is 1.51. The summed E-state index contributed by atoms with van der Waals surface area (Å²) in [6.45, 7) is 3.71. The van der Waals surface area contributed by atoms with E-state index in [1.807, 2.05) is 18.4 Å². The monoisotopic (exact) mass is 267 g/mol. The van der Waals surface area contributed by atoms with Crippen molar-refractivity contribution in [1.29, 1.82) is 0 Å². The van der Waals surface area contributed by atoms with Crippen LogP contribution < -0.4 is 0 Å². The summed E-state index contributed by atoms with van der Waals surface area (Å²) in [5, 5.41) is 10.9. The lowest BCUT2D eigenvalue weighted by molar-refractivity contribution is -0.147. The van der Waals surface area contributed by atoms with Gasteiger partial charge >= 0.3 is 5.97 Å². The van der Waals surface area contributed by atoms with Gasteiger partial charge in [0.2, 0.25) is 5.91 Å². The standard InChI is InChI=1S/C13H17NO3S/c1-4-10(13(16)17)14(3)12(15)6-5-11-9(2)7-8-18-11/h5-8,10H,4H2,1-3H3,(H,16,17). The second-order valence-electron chi connectivity index (χ2n) is 4.01. The third-order valence-electron chi connectivity index (χ3n) is 2.77. The van der Waals surface area contributed by atoms with Gasteiger partial charge in [-0.3, -0.25) is 4.79 Å². The molecule has 1 rings (SSSR count). The summed E-state index contributed by atoms with van der Waals surface area (Å²) in [6.07, 6.45) is 3.54. The van der Waals surface area contributed by atoms with Gasteiger partial charge in [-0.05, 0) is 36.4 Å². The number of likely N-dealkylation sites (N-methyl/N-ethyl adjacent to an activating group) is 1. The summed E-state index contributed by atoms with van der Waals surface area (Å²) >= 11 is 1.55. The zero-order valence-electron chi connectivity index (χ0n) is 10.7. The zero-order valence-corrected chi connectivity index (χ0v) is 11.5. The Morgan fingerprint density at radius 1 is 1.56 bits per heavy atom. The molecule has 18 heavy (non-hydrogen) atoms. The first-order valence-corrected chi connectivity index (χ1v) is 6.57. The molecule has 1 heterocycles. The Bertz CT molecular complexity index is 465. The Hall–Kier alpha value is -1.62. The molecular formula is C13H17NO3S. The van der Waals surface area contributed by atoms with Crippen LogP contribution in [0.2, 0.25) is 0 Å². The molecule has 0 aliphatic rings. The molecule has 0 bridgehead atoms. The normalized spacial score (nSPS) is 12.6. The fourth-order valence-corrected chi connectivity index (χ4v) is 2.41. The third-order valence-corrected chi connectivity index (χ3v) is 3.75. The van der Waals surface area contributed by atoms with Gasteiger partial charge in [-0.2, -0.15) is 0 Å². The molecule has 0 aliphatic carbocycles. The van der Waals surface area contributed by atoms with E-state index in [4.69, 9.17) is 5.11 Å². The SMILES string of the molecule is CCC(C(=O)O)N(C)C(=O)C=Cc1sccc1C. The van der Waals surface area contributed by atoms with Crippen molar-refractivity contribution in [1.82, 2.24) is 4.90 Å².